The Labute approximate surface area is 96.5 Å². The number of aliphatic hydroxyl groups excluding tert-OH is 2. The Hall–Kier alpha value is -2.17. The van der Waals surface area contributed by atoms with Crippen LogP contribution in [-0.4, -0.2) is 37.9 Å². The first kappa shape index (κ1) is 11.3. The Morgan fingerprint density at radius 2 is 2.41 bits per heavy atom. The van der Waals surface area contributed by atoms with Crippen molar-refractivity contribution in [3.05, 3.63) is 24.1 Å². The van der Waals surface area contributed by atoms with E-state index in [1.54, 1.807) is 12.1 Å². The summed E-state index contributed by atoms with van der Waals surface area (Å²) in [4.78, 5) is 0. The Morgan fingerprint density at radius 3 is 3.00 bits per heavy atom. The second-order valence-electron chi connectivity index (χ2n) is 3.39. The highest BCUT2D eigenvalue weighted by Crippen LogP contribution is 2.22. The minimum absolute atomic E-state index is 0.0429. The highest BCUT2D eigenvalue weighted by atomic mass is 16.3. The summed E-state index contributed by atoms with van der Waals surface area (Å²) < 4.78 is 6.51. The molecule has 0 bridgehead atoms. The Kier molecular flexibility index (Phi) is 3.18. The molecule has 1 unspecified atom stereocenters. The van der Waals surface area contributed by atoms with Gasteiger partial charge in [0.1, 0.15) is 11.8 Å². The van der Waals surface area contributed by atoms with E-state index in [9.17, 15) is 5.11 Å². The van der Waals surface area contributed by atoms with E-state index in [-0.39, 0.29) is 18.8 Å². The second kappa shape index (κ2) is 4.78. The Bertz CT molecular complexity index is 526. The van der Waals surface area contributed by atoms with Gasteiger partial charge in [-0.2, -0.15) is 5.26 Å². The normalized spacial score (nSPS) is 12.3. The lowest BCUT2D eigenvalue weighted by molar-refractivity contribution is 0.0781. The van der Waals surface area contributed by atoms with Crippen molar-refractivity contribution in [1.82, 2.24) is 15.0 Å². The molecule has 0 aliphatic heterocycles. The predicted molar refractivity (Wildman–Crippen MR) is 55.5 cm³/mol. The van der Waals surface area contributed by atoms with Crippen LogP contribution in [0.2, 0.25) is 0 Å². The van der Waals surface area contributed by atoms with Crippen LogP contribution in [0, 0.1) is 11.3 Å². The van der Waals surface area contributed by atoms with Crippen molar-refractivity contribution in [2.75, 3.05) is 6.61 Å². The average Bonchev–Trinajstić information content (AvgIpc) is 2.96. The molecule has 2 aromatic rings. The number of hydrogen-bond donors (Lipinski definition) is 2. The van der Waals surface area contributed by atoms with E-state index < -0.39 is 6.10 Å². The lowest BCUT2D eigenvalue weighted by Crippen LogP contribution is -2.21. The zero-order valence-corrected chi connectivity index (χ0v) is 8.82. The smallest absolute Gasteiger partial charge is 0.193 e. The van der Waals surface area contributed by atoms with Crippen LogP contribution in [0.4, 0.5) is 0 Å². The van der Waals surface area contributed by atoms with Crippen LogP contribution in [0.15, 0.2) is 22.8 Å². The van der Waals surface area contributed by atoms with Crippen LogP contribution < -0.4 is 0 Å². The second-order valence-corrected chi connectivity index (χ2v) is 3.39. The molecule has 0 aromatic carbocycles. The van der Waals surface area contributed by atoms with E-state index in [2.05, 4.69) is 10.3 Å². The van der Waals surface area contributed by atoms with Gasteiger partial charge in [-0.1, -0.05) is 5.21 Å². The minimum atomic E-state index is -0.961. The number of furan rings is 1. The van der Waals surface area contributed by atoms with E-state index in [4.69, 9.17) is 14.8 Å². The van der Waals surface area contributed by atoms with Crippen molar-refractivity contribution >= 4 is 0 Å². The molecule has 0 saturated heterocycles. The van der Waals surface area contributed by atoms with Crippen molar-refractivity contribution in [1.29, 1.82) is 5.26 Å². The summed E-state index contributed by atoms with van der Waals surface area (Å²) in [6.07, 6.45) is 0.507. The molecule has 0 aliphatic rings. The topological polar surface area (TPSA) is 108 Å². The molecule has 2 rings (SSSR count). The fourth-order valence-electron chi connectivity index (χ4n) is 1.43. The monoisotopic (exact) mass is 234 g/mol. The molecule has 2 N–H and O–H groups in total. The van der Waals surface area contributed by atoms with Crippen LogP contribution >= 0.6 is 0 Å². The van der Waals surface area contributed by atoms with E-state index in [0.29, 0.717) is 11.5 Å². The molecule has 0 amide bonds. The molecule has 2 aromatic heterocycles. The van der Waals surface area contributed by atoms with Crippen molar-refractivity contribution < 1.29 is 14.6 Å². The van der Waals surface area contributed by atoms with Crippen molar-refractivity contribution in [2.24, 2.45) is 0 Å². The van der Waals surface area contributed by atoms with E-state index in [1.807, 2.05) is 6.07 Å². The number of aromatic nitrogens is 3. The molecule has 0 aliphatic carbocycles. The van der Waals surface area contributed by atoms with Gasteiger partial charge in [0.15, 0.2) is 11.5 Å². The van der Waals surface area contributed by atoms with Gasteiger partial charge in [-0.25, -0.2) is 4.68 Å². The Balaban J connectivity index is 2.41. The fourth-order valence-corrected chi connectivity index (χ4v) is 1.43. The summed E-state index contributed by atoms with van der Waals surface area (Å²) >= 11 is 0. The molecule has 0 spiro atoms. The number of rotatable bonds is 4. The maximum absolute atomic E-state index is 9.36. The van der Waals surface area contributed by atoms with Gasteiger partial charge >= 0.3 is 0 Å². The van der Waals surface area contributed by atoms with Gasteiger partial charge in [-0.15, -0.1) is 5.10 Å². The predicted octanol–water partition coefficient (Wildman–Crippen LogP) is -0.237. The van der Waals surface area contributed by atoms with Crippen molar-refractivity contribution in [3.8, 4) is 17.5 Å². The molecule has 0 fully saturated rings. The average molecular weight is 234 g/mol. The Morgan fingerprint density at radius 1 is 1.59 bits per heavy atom. The first-order valence-corrected chi connectivity index (χ1v) is 4.92. The van der Waals surface area contributed by atoms with Crippen LogP contribution in [0.25, 0.3) is 11.5 Å². The third kappa shape index (κ3) is 2.18. The van der Waals surface area contributed by atoms with E-state index in [0.717, 1.165) is 0 Å². The molecular weight excluding hydrogens is 224 g/mol. The van der Waals surface area contributed by atoms with E-state index >= 15 is 0 Å². The van der Waals surface area contributed by atoms with Gasteiger partial charge in [0, 0.05) is 0 Å². The van der Waals surface area contributed by atoms with Gasteiger partial charge in [0.05, 0.1) is 25.5 Å². The van der Waals surface area contributed by atoms with Gasteiger partial charge in [0.2, 0.25) is 0 Å². The van der Waals surface area contributed by atoms with Crippen LogP contribution in [0.5, 0.6) is 0 Å². The SMILES string of the molecule is N#Cc1nnn(CC(O)CO)c1-c1ccco1. The summed E-state index contributed by atoms with van der Waals surface area (Å²) in [5, 5.41) is 34.5. The van der Waals surface area contributed by atoms with Crippen LogP contribution in [-0.2, 0) is 6.54 Å². The first-order chi connectivity index (χ1) is 8.26. The summed E-state index contributed by atoms with van der Waals surface area (Å²) in [5.74, 6) is 0.441. The molecular formula is C10H10N4O3. The first-order valence-electron chi connectivity index (χ1n) is 4.92. The number of nitrogens with zero attached hydrogens (tertiary/aromatic N) is 4. The molecule has 0 radical (unpaired) electrons. The number of nitriles is 1. The molecule has 0 saturated carbocycles. The lowest BCUT2D eigenvalue weighted by Gasteiger charge is -2.08. The van der Waals surface area contributed by atoms with Gasteiger partial charge in [-0.3, -0.25) is 0 Å². The largest absolute Gasteiger partial charge is 0.463 e. The van der Waals surface area contributed by atoms with Crippen molar-refractivity contribution in [3.63, 3.8) is 0 Å². The third-order valence-corrected chi connectivity index (χ3v) is 2.19. The molecule has 7 nitrogen and oxygen atoms in total. The fraction of sp³-hybridized carbons (Fsp3) is 0.300. The maximum Gasteiger partial charge on any atom is 0.193 e. The van der Waals surface area contributed by atoms with Gasteiger partial charge in [0.25, 0.3) is 0 Å². The number of aliphatic hydroxyl groups is 2. The standard InChI is InChI=1S/C10H10N4O3/c11-4-8-10(9-2-1-3-17-9)14(13-12-8)5-7(16)6-15/h1-3,7,15-16H,5-6H2. The quantitative estimate of drug-likeness (QED) is 0.756. The zero-order valence-electron chi connectivity index (χ0n) is 8.82. The molecule has 88 valence electrons. The summed E-state index contributed by atoms with van der Waals surface area (Å²) in [7, 11) is 0. The summed E-state index contributed by atoms with van der Waals surface area (Å²) in [6.45, 7) is -0.347. The molecule has 1 atom stereocenters. The summed E-state index contributed by atoms with van der Waals surface area (Å²) in [6, 6.07) is 5.24. The molecule has 7 heteroatoms. The summed E-state index contributed by atoms with van der Waals surface area (Å²) in [5.41, 5.74) is 0.509. The van der Waals surface area contributed by atoms with Gasteiger partial charge in [-0.05, 0) is 12.1 Å². The minimum Gasteiger partial charge on any atom is -0.463 e. The van der Waals surface area contributed by atoms with Crippen molar-refractivity contribution in [2.45, 2.75) is 12.6 Å². The highest BCUT2D eigenvalue weighted by Gasteiger charge is 2.18. The molecule has 17 heavy (non-hydrogen) atoms. The van der Waals surface area contributed by atoms with Gasteiger partial charge < -0.3 is 14.6 Å². The maximum atomic E-state index is 9.36. The number of hydrogen-bond acceptors (Lipinski definition) is 6. The third-order valence-electron chi connectivity index (χ3n) is 2.19. The highest BCUT2D eigenvalue weighted by molar-refractivity contribution is 5.58. The zero-order chi connectivity index (χ0) is 12.3. The van der Waals surface area contributed by atoms with Crippen LogP contribution in [0.3, 0.4) is 0 Å². The van der Waals surface area contributed by atoms with E-state index in [1.165, 1.54) is 10.9 Å². The molecule has 2 heterocycles. The van der Waals surface area contributed by atoms with Crippen LogP contribution in [0.1, 0.15) is 5.69 Å². The lowest BCUT2D eigenvalue weighted by atomic mass is 10.2.